The lowest BCUT2D eigenvalue weighted by Gasteiger charge is -2.23. The molecule has 2 aromatic carbocycles. The van der Waals surface area contributed by atoms with Crippen LogP contribution in [0.2, 0.25) is 0 Å². The number of fused-ring (bicyclic) bond motifs is 1. The van der Waals surface area contributed by atoms with Gasteiger partial charge in [-0.15, -0.1) is 0 Å². The van der Waals surface area contributed by atoms with Gasteiger partial charge in [0.15, 0.2) is 0 Å². The summed E-state index contributed by atoms with van der Waals surface area (Å²) in [6, 6.07) is 15.3. The number of rotatable bonds is 5. The van der Waals surface area contributed by atoms with Gasteiger partial charge in [0.1, 0.15) is 5.82 Å². The average molecular weight is 400 g/mol. The van der Waals surface area contributed by atoms with Gasteiger partial charge in [0, 0.05) is 37.2 Å². The Balaban J connectivity index is 1.28. The van der Waals surface area contributed by atoms with Gasteiger partial charge in [0.2, 0.25) is 5.91 Å². The van der Waals surface area contributed by atoms with Gasteiger partial charge in [-0.05, 0) is 61.3 Å². The zero-order valence-corrected chi connectivity index (χ0v) is 17.8. The normalized spacial score (nSPS) is 18.1. The molecule has 1 atom stereocenters. The van der Waals surface area contributed by atoms with E-state index in [9.17, 15) is 4.79 Å². The quantitative estimate of drug-likeness (QED) is 0.662. The Bertz CT molecular complexity index is 1080. The third-order valence-corrected chi connectivity index (χ3v) is 6.62. The van der Waals surface area contributed by atoms with E-state index in [1.54, 1.807) is 0 Å². The van der Waals surface area contributed by atoms with Gasteiger partial charge in [-0.25, -0.2) is 4.98 Å². The maximum absolute atomic E-state index is 11.9. The molecule has 1 saturated carbocycles. The molecule has 1 aliphatic heterocycles. The number of carbonyl (C=O) groups is 1. The second kappa shape index (κ2) is 7.75. The van der Waals surface area contributed by atoms with Gasteiger partial charge >= 0.3 is 0 Å². The Kier molecular flexibility index (Phi) is 4.93. The van der Waals surface area contributed by atoms with Crippen LogP contribution >= 0.6 is 0 Å². The SMILES string of the molecule is Cc1ccc(-c2ccc(-c3cn4c(n3)CCC(CNC(=O)C3CC3)C4)cc2)cc1C. The van der Waals surface area contributed by atoms with Crippen molar-refractivity contribution in [2.75, 3.05) is 6.54 Å². The van der Waals surface area contributed by atoms with Crippen molar-refractivity contribution < 1.29 is 4.79 Å². The van der Waals surface area contributed by atoms with Crippen LogP contribution in [-0.4, -0.2) is 22.0 Å². The zero-order valence-electron chi connectivity index (χ0n) is 17.8. The summed E-state index contributed by atoms with van der Waals surface area (Å²) < 4.78 is 2.28. The summed E-state index contributed by atoms with van der Waals surface area (Å²) in [5, 5.41) is 3.14. The number of hydrogen-bond acceptors (Lipinski definition) is 2. The molecule has 4 nitrogen and oxygen atoms in total. The first-order chi connectivity index (χ1) is 14.6. The van der Waals surface area contributed by atoms with Crippen molar-refractivity contribution in [3.8, 4) is 22.4 Å². The maximum Gasteiger partial charge on any atom is 0.223 e. The zero-order chi connectivity index (χ0) is 20.7. The molecule has 154 valence electrons. The summed E-state index contributed by atoms with van der Waals surface area (Å²) in [6.45, 7) is 6.03. The van der Waals surface area contributed by atoms with Crippen LogP contribution in [0.5, 0.6) is 0 Å². The molecule has 1 aromatic heterocycles. The van der Waals surface area contributed by atoms with Crippen molar-refractivity contribution >= 4 is 5.91 Å². The third kappa shape index (κ3) is 3.91. The molecule has 2 heterocycles. The smallest absolute Gasteiger partial charge is 0.223 e. The minimum absolute atomic E-state index is 0.246. The molecular formula is C26H29N3O. The maximum atomic E-state index is 11.9. The van der Waals surface area contributed by atoms with Crippen LogP contribution in [0, 0.1) is 25.7 Å². The summed E-state index contributed by atoms with van der Waals surface area (Å²) in [6.07, 6.45) is 6.37. The molecule has 4 heteroatoms. The molecule has 1 unspecified atom stereocenters. The molecule has 1 amide bonds. The fraction of sp³-hybridized carbons (Fsp3) is 0.385. The van der Waals surface area contributed by atoms with Crippen molar-refractivity contribution in [1.82, 2.24) is 14.9 Å². The number of aryl methyl sites for hydroxylation is 3. The molecule has 1 N–H and O–H groups in total. The lowest BCUT2D eigenvalue weighted by Crippen LogP contribution is -2.34. The van der Waals surface area contributed by atoms with E-state index >= 15 is 0 Å². The number of imidazole rings is 1. The molecule has 1 aliphatic carbocycles. The number of carbonyl (C=O) groups excluding carboxylic acids is 1. The fourth-order valence-corrected chi connectivity index (χ4v) is 4.31. The Labute approximate surface area is 178 Å². The summed E-state index contributed by atoms with van der Waals surface area (Å²) in [4.78, 5) is 16.8. The highest BCUT2D eigenvalue weighted by Gasteiger charge is 2.30. The summed E-state index contributed by atoms with van der Waals surface area (Å²) in [7, 11) is 0. The predicted octanol–water partition coefficient (Wildman–Crippen LogP) is 4.92. The largest absolute Gasteiger partial charge is 0.356 e. The Morgan fingerprint density at radius 2 is 1.73 bits per heavy atom. The molecule has 0 radical (unpaired) electrons. The highest BCUT2D eigenvalue weighted by Crippen LogP contribution is 2.30. The van der Waals surface area contributed by atoms with E-state index in [0.717, 1.165) is 55.9 Å². The topological polar surface area (TPSA) is 46.9 Å². The van der Waals surface area contributed by atoms with Crippen LogP contribution in [0.1, 0.15) is 36.2 Å². The number of amides is 1. The fourth-order valence-electron chi connectivity index (χ4n) is 4.31. The highest BCUT2D eigenvalue weighted by atomic mass is 16.2. The van der Waals surface area contributed by atoms with Gasteiger partial charge in [-0.2, -0.15) is 0 Å². The van der Waals surface area contributed by atoms with E-state index in [-0.39, 0.29) is 11.8 Å². The van der Waals surface area contributed by atoms with Gasteiger partial charge in [0.25, 0.3) is 0 Å². The Morgan fingerprint density at radius 1 is 1.00 bits per heavy atom. The van der Waals surface area contributed by atoms with Gasteiger partial charge in [-0.3, -0.25) is 4.79 Å². The number of nitrogens with zero attached hydrogens (tertiary/aromatic N) is 2. The molecule has 2 aliphatic rings. The molecule has 1 fully saturated rings. The molecule has 3 aromatic rings. The van der Waals surface area contributed by atoms with E-state index < -0.39 is 0 Å². The first-order valence-electron chi connectivity index (χ1n) is 11.1. The monoisotopic (exact) mass is 399 g/mol. The standard InChI is InChI=1S/C26H29N3O/c1-17-3-5-23(13-18(17)2)20-6-8-21(9-7-20)24-16-29-15-19(4-12-25(29)28-24)14-27-26(30)22-10-11-22/h3,5-9,13,16,19,22H,4,10-12,14-15H2,1-2H3,(H,27,30). The molecule has 0 bridgehead atoms. The minimum atomic E-state index is 0.246. The number of aromatic nitrogens is 2. The van der Waals surface area contributed by atoms with E-state index in [1.165, 1.54) is 22.3 Å². The lowest BCUT2D eigenvalue weighted by molar-refractivity contribution is -0.122. The van der Waals surface area contributed by atoms with Gasteiger partial charge in [0.05, 0.1) is 5.69 Å². The molecule has 0 spiro atoms. The van der Waals surface area contributed by atoms with Gasteiger partial charge in [-0.1, -0.05) is 42.5 Å². The lowest BCUT2D eigenvalue weighted by atomic mass is 9.99. The van der Waals surface area contributed by atoms with E-state index in [4.69, 9.17) is 4.98 Å². The Morgan fingerprint density at radius 3 is 2.47 bits per heavy atom. The van der Waals surface area contributed by atoms with Crippen LogP contribution in [0.4, 0.5) is 0 Å². The van der Waals surface area contributed by atoms with Crippen LogP contribution in [0.15, 0.2) is 48.7 Å². The van der Waals surface area contributed by atoms with Crippen LogP contribution in [0.25, 0.3) is 22.4 Å². The van der Waals surface area contributed by atoms with E-state index in [1.807, 2.05) is 0 Å². The minimum Gasteiger partial charge on any atom is -0.356 e. The number of nitrogens with one attached hydrogen (secondary N) is 1. The van der Waals surface area contributed by atoms with Crippen molar-refractivity contribution in [1.29, 1.82) is 0 Å². The number of benzene rings is 2. The third-order valence-electron chi connectivity index (χ3n) is 6.62. The summed E-state index contributed by atoms with van der Waals surface area (Å²) >= 11 is 0. The molecule has 30 heavy (non-hydrogen) atoms. The van der Waals surface area contributed by atoms with E-state index in [2.05, 4.69) is 72.4 Å². The van der Waals surface area contributed by atoms with E-state index in [0.29, 0.717) is 5.92 Å². The average Bonchev–Trinajstić information content (AvgIpc) is 3.53. The second-order valence-electron chi connectivity index (χ2n) is 9.00. The van der Waals surface area contributed by atoms with Crippen molar-refractivity contribution in [3.63, 3.8) is 0 Å². The first kappa shape index (κ1) is 19.1. The van der Waals surface area contributed by atoms with Gasteiger partial charge < -0.3 is 9.88 Å². The number of hydrogen-bond donors (Lipinski definition) is 1. The van der Waals surface area contributed by atoms with Crippen LogP contribution in [-0.2, 0) is 17.8 Å². The van der Waals surface area contributed by atoms with Crippen molar-refractivity contribution in [2.45, 2.75) is 46.1 Å². The highest BCUT2D eigenvalue weighted by molar-refractivity contribution is 5.80. The van der Waals surface area contributed by atoms with Crippen LogP contribution in [0.3, 0.4) is 0 Å². The molecule has 5 rings (SSSR count). The van der Waals surface area contributed by atoms with Crippen molar-refractivity contribution in [2.24, 2.45) is 11.8 Å². The van der Waals surface area contributed by atoms with Crippen LogP contribution < -0.4 is 5.32 Å². The summed E-state index contributed by atoms with van der Waals surface area (Å²) in [5.41, 5.74) is 7.33. The Hall–Kier alpha value is -2.88. The summed E-state index contributed by atoms with van der Waals surface area (Å²) in [5.74, 6) is 2.19. The second-order valence-corrected chi connectivity index (χ2v) is 9.00. The van der Waals surface area contributed by atoms with Crippen molar-refractivity contribution in [3.05, 3.63) is 65.6 Å². The molecule has 0 saturated heterocycles. The first-order valence-corrected chi connectivity index (χ1v) is 11.1. The predicted molar refractivity (Wildman–Crippen MR) is 120 cm³/mol. The molecular weight excluding hydrogens is 370 g/mol.